The monoisotopic (exact) mass is 726 g/mol. The molecule has 0 spiro atoms. The van der Waals surface area contributed by atoms with Crippen LogP contribution in [-0.2, 0) is 38.5 Å². The molecule has 0 aliphatic heterocycles. The molecule has 0 saturated carbocycles. The first kappa shape index (κ1) is 33.2. The predicted molar refractivity (Wildman–Crippen MR) is 214 cm³/mol. The van der Waals surface area contributed by atoms with Crippen molar-refractivity contribution >= 4 is 28.0 Å². The van der Waals surface area contributed by atoms with Crippen molar-refractivity contribution in [3.63, 3.8) is 0 Å². The molecule has 248 valence electrons. The summed E-state index contributed by atoms with van der Waals surface area (Å²) in [6.45, 7) is 19.1. The number of hydrogen-bond donors (Lipinski definition) is 0. The van der Waals surface area contributed by atoms with Gasteiger partial charge >= 0.3 is 309 Å². The summed E-state index contributed by atoms with van der Waals surface area (Å²) in [5.74, 6) is 0. The van der Waals surface area contributed by atoms with Crippen LogP contribution in [0.15, 0.2) is 125 Å². The summed E-state index contributed by atoms with van der Waals surface area (Å²) in [5, 5.41) is 5.34. The van der Waals surface area contributed by atoms with Crippen molar-refractivity contribution in [3.8, 4) is 11.1 Å². The Morgan fingerprint density at radius 3 is 1.74 bits per heavy atom. The Kier molecular flexibility index (Phi) is 8.23. The molecule has 2 aliphatic rings. The molecule has 0 unspecified atom stereocenters. The standard InChI is InChI=1S/C23H29.C21H14.C5H5.Zr/c1-14-9-16-11-17-10-15(2)21(23(6,7)8)13-19(17)18(16)12-20(14)22(3,4)5;1-3-13-20-16(7-1)9-5-11-18(20)15-19-12-6-10-17-8-2-4-14-21(17)19;1-2-4-5-3-1;/h9,12-13H,11H2,1-8H3;1-14H;1-3H,4H2;. The van der Waals surface area contributed by atoms with Crippen molar-refractivity contribution in [2.45, 2.75) is 79.1 Å². The second-order valence-electron chi connectivity index (χ2n) is 16.6. The molecule has 0 saturated heterocycles. The van der Waals surface area contributed by atoms with Gasteiger partial charge in [-0.15, -0.1) is 0 Å². The van der Waals surface area contributed by atoms with Crippen LogP contribution in [0.4, 0.5) is 0 Å². The molecule has 0 radical (unpaired) electrons. The average molecular weight is 728 g/mol. The van der Waals surface area contributed by atoms with Gasteiger partial charge in [0.25, 0.3) is 0 Å². The molecule has 6 aromatic rings. The second kappa shape index (κ2) is 12.4. The number of hydrogen-bond acceptors (Lipinski definition) is 0. The van der Waals surface area contributed by atoms with E-state index < -0.39 is 21.3 Å². The molecule has 0 fully saturated rings. The summed E-state index contributed by atoms with van der Waals surface area (Å²) in [6.07, 6.45) is 9.29. The van der Waals surface area contributed by atoms with Crippen molar-refractivity contribution in [2.24, 2.45) is 0 Å². The minimum absolute atomic E-state index is 0.0177. The third-order valence-electron chi connectivity index (χ3n) is 11.1. The molecule has 2 aliphatic carbocycles. The van der Waals surface area contributed by atoms with E-state index in [0.29, 0.717) is 0 Å². The van der Waals surface area contributed by atoms with E-state index in [4.69, 9.17) is 0 Å². The van der Waals surface area contributed by atoms with Crippen LogP contribution in [0.3, 0.4) is 0 Å². The normalized spacial score (nSPS) is 13.9. The fourth-order valence-electron chi connectivity index (χ4n) is 8.92. The zero-order chi connectivity index (χ0) is 34.9. The number of allylic oxidation sites excluding steroid dienone is 4. The van der Waals surface area contributed by atoms with Crippen molar-refractivity contribution in [3.05, 3.63) is 169 Å². The SMILES string of the molecule is Cc1cc2c(cc1C(C)(C)C)-c1cc(C(C)(C)C)c(C)[c]([Zr]([C]3=CC=CC3)=[C](c3cccc4ccccc34)c3cccc4ccccc34)c1C2. The topological polar surface area (TPSA) is 0 Å². The predicted octanol–water partition coefficient (Wildman–Crippen LogP) is 12.1. The Morgan fingerprint density at radius 1 is 0.620 bits per heavy atom. The molecule has 0 amide bonds. The van der Waals surface area contributed by atoms with Gasteiger partial charge in [-0.1, -0.05) is 0 Å². The molecule has 0 bridgehead atoms. The molecule has 0 N–H and O–H groups in total. The summed E-state index contributed by atoms with van der Waals surface area (Å²) in [7, 11) is 0. The zero-order valence-electron chi connectivity index (χ0n) is 31.0. The van der Waals surface area contributed by atoms with Gasteiger partial charge in [0.2, 0.25) is 0 Å². The van der Waals surface area contributed by atoms with E-state index in [0.717, 1.165) is 12.8 Å². The van der Waals surface area contributed by atoms with Crippen LogP contribution in [0.5, 0.6) is 0 Å². The molecular weight excluding hydrogens is 680 g/mol. The Bertz CT molecular complexity index is 2360. The van der Waals surface area contributed by atoms with Gasteiger partial charge in [0.15, 0.2) is 0 Å². The van der Waals surface area contributed by atoms with Crippen LogP contribution < -0.4 is 3.27 Å². The first-order chi connectivity index (χ1) is 23.9. The number of aryl methyl sites for hydroxylation is 1. The van der Waals surface area contributed by atoms with E-state index in [1.807, 2.05) is 0 Å². The van der Waals surface area contributed by atoms with Crippen LogP contribution in [0, 0.1) is 13.8 Å². The van der Waals surface area contributed by atoms with E-state index in [9.17, 15) is 0 Å². The van der Waals surface area contributed by atoms with Gasteiger partial charge in [0, 0.05) is 0 Å². The van der Waals surface area contributed by atoms with Gasteiger partial charge in [-0.2, -0.15) is 0 Å². The van der Waals surface area contributed by atoms with Gasteiger partial charge in [0.05, 0.1) is 0 Å². The molecule has 0 atom stereocenters. The second-order valence-corrected chi connectivity index (χ2v) is 22.5. The minimum atomic E-state index is -2.99. The van der Waals surface area contributed by atoms with Gasteiger partial charge in [-0.3, -0.25) is 0 Å². The third kappa shape index (κ3) is 5.58. The quantitative estimate of drug-likeness (QED) is 0.169. The van der Waals surface area contributed by atoms with Gasteiger partial charge in [-0.25, -0.2) is 0 Å². The average Bonchev–Trinajstić information content (AvgIpc) is 3.74. The van der Waals surface area contributed by atoms with Crippen LogP contribution >= 0.6 is 0 Å². The van der Waals surface area contributed by atoms with Crippen molar-refractivity contribution < 1.29 is 21.3 Å². The Morgan fingerprint density at radius 2 is 1.18 bits per heavy atom. The molecular formula is C49H48Zr. The number of rotatable bonds is 4. The van der Waals surface area contributed by atoms with Gasteiger partial charge in [0.1, 0.15) is 0 Å². The molecule has 1 heteroatoms. The fraction of sp³-hybridized carbons (Fsp3) is 0.245. The van der Waals surface area contributed by atoms with Crippen LogP contribution in [0.2, 0.25) is 0 Å². The first-order valence-corrected chi connectivity index (χ1v) is 22.0. The maximum atomic E-state index is 2.60. The van der Waals surface area contributed by atoms with E-state index in [1.54, 1.807) is 15.3 Å². The zero-order valence-corrected chi connectivity index (χ0v) is 33.4. The first-order valence-electron chi connectivity index (χ1n) is 18.3. The van der Waals surface area contributed by atoms with E-state index in [-0.39, 0.29) is 10.8 Å². The maximum absolute atomic E-state index is 2.99. The summed E-state index contributed by atoms with van der Waals surface area (Å²) in [6, 6.07) is 39.8. The third-order valence-corrected chi connectivity index (χ3v) is 19.1. The van der Waals surface area contributed by atoms with Crippen LogP contribution in [0.1, 0.15) is 92.5 Å². The number of fused-ring (bicyclic) bond motifs is 5. The summed E-state index contributed by atoms with van der Waals surface area (Å²) in [4.78, 5) is 0. The van der Waals surface area contributed by atoms with Crippen LogP contribution in [-0.4, -0.2) is 3.21 Å². The Hall–Kier alpha value is -3.93. The molecule has 0 aromatic heterocycles. The molecule has 6 aromatic carbocycles. The van der Waals surface area contributed by atoms with Gasteiger partial charge < -0.3 is 0 Å². The molecule has 0 heterocycles. The summed E-state index contributed by atoms with van der Waals surface area (Å²) < 4.78 is 4.98. The van der Waals surface area contributed by atoms with E-state index in [1.165, 1.54) is 71.6 Å². The summed E-state index contributed by atoms with van der Waals surface area (Å²) >= 11 is -2.99. The summed E-state index contributed by atoms with van der Waals surface area (Å²) in [5.41, 5.74) is 14.9. The van der Waals surface area contributed by atoms with E-state index in [2.05, 4.69) is 177 Å². The molecule has 0 nitrogen and oxygen atoms in total. The van der Waals surface area contributed by atoms with Crippen molar-refractivity contribution in [2.75, 3.05) is 0 Å². The fourth-order valence-corrected chi connectivity index (χ4v) is 17.5. The van der Waals surface area contributed by atoms with Crippen molar-refractivity contribution in [1.29, 1.82) is 0 Å². The molecule has 50 heavy (non-hydrogen) atoms. The van der Waals surface area contributed by atoms with Gasteiger partial charge in [-0.05, 0) is 0 Å². The van der Waals surface area contributed by atoms with Crippen LogP contribution in [0.25, 0.3) is 32.7 Å². The Balaban J connectivity index is 1.58. The number of benzene rings is 6. The molecule has 8 rings (SSSR count). The van der Waals surface area contributed by atoms with E-state index >= 15 is 0 Å². The Labute approximate surface area is 306 Å². The van der Waals surface area contributed by atoms with Crippen molar-refractivity contribution in [1.82, 2.24) is 0 Å².